The second kappa shape index (κ2) is 4.98. The Balaban J connectivity index is 2.37. The molecule has 0 amide bonds. The first-order chi connectivity index (χ1) is 7.70. The molecule has 1 atom stereocenters. The predicted molar refractivity (Wildman–Crippen MR) is 72.4 cm³/mol. The molecule has 0 aliphatic heterocycles. The van der Waals surface area contributed by atoms with Crippen LogP contribution >= 0.6 is 15.9 Å². The summed E-state index contributed by atoms with van der Waals surface area (Å²) in [5.41, 5.74) is 2.79. The van der Waals surface area contributed by atoms with Crippen molar-refractivity contribution in [2.24, 2.45) is 0 Å². The van der Waals surface area contributed by atoms with Gasteiger partial charge in [-0.3, -0.25) is 4.90 Å². The topological polar surface area (TPSA) is 3.24 Å². The molecule has 84 valence electrons. The van der Waals surface area contributed by atoms with Gasteiger partial charge in [0, 0.05) is 4.47 Å². The zero-order chi connectivity index (χ0) is 11.5. The second-order valence-electron chi connectivity index (χ2n) is 4.26. The molecule has 0 aromatic heterocycles. The van der Waals surface area contributed by atoms with Crippen molar-refractivity contribution in [3.8, 4) is 0 Å². The van der Waals surface area contributed by atoms with E-state index in [0.717, 1.165) is 6.42 Å². The van der Waals surface area contributed by atoms with Gasteiger partial charge < -0.3 is 0 Å². The van der Waals surface area contributed by atoms with E-state index >= 15 is 0 Å². The molecule has 1 aliphatic rings. The van der Waals surface area contributed by atoms with Crippen LogP contribution in [-0.2, 0) is 0 Å². The average Bonchev–Trinajstić information content (AvgIpc) is 2.74. The van der Waals surface area contributed by atoms with Crippen LogP contribution in [0.1, 0.15) is 18.0 Å². The molecule has 0 N–H and O–H groups in total. The van der Waals surface area contributed by atoms with Gasteiger partial charge in [0.15, 0.2) is 0 Å². The van der Waals surface area contributed by atoms with E-state index in [0.29, 0.717) is 6.04 Å². The minimum Gasteiger partial charge on any atom is -0.299 e. The Labute approximate surface area is 106 Å². The van der Waals surface area contributed by atoms with E-state index in [9.17, 15) is 0 Å². The SMILES string of the molecule is CN(C)C(C1=CC=CC1)c1ccccc1Br. The number of rotatable bonds is 3. The van der Waals surface area contributed by atoms with Crippen LogP contribution in [0, 0.1) is 0 Å². The maximum absolute atomic E-state index is 3.64. The summed E-state index contributed by atoms with van der Waals surface area (Å²) in [7, 11) is 4.26. The molecule has 1 aromatic carbocycles. The summed E-state index contributed by atoms with van der Waals surface area (Å²) < 4.78 is 1.18. The van der Waals surface area contributed by atoms with Crippen LogP contribution in [0.2, 0.25) is 0 Å². The fourth-order valence-electron chi connectivity index (χ4n) is 2.17. The van der Waals surface area contributed by atoms with Crippen molar-refractivity contribution in [2.45, 2.75) is 12.5 Å². The largest absolute Gasteiger partial charge is 0.299 e. The summed E-state index contributed by atoms with van der Waals surface area (Å²) >= 11 is 3.64. The highest BCUT2D eigenvalue weighted by molar-refractivity contribution is 9.10. The maximum Gasteiger partial charge on any atom is 0.0573 e. The lowest BCUT2D eigenvalue weighted by atomic mass is 9.97. The summed E-state index contributed by atoms with van der Waals surface area (Å²) in [6.07, 6.45) is 7.64. The third kappa shape index (κ3) is 2.28. The Hall–Kier alpha value is -0.860. The summed E-state index contributed by atoms with van der Waals surface area (Å²) in [4.78, 5) is 2.26. The zero-order valence-electron chi connectivity index (χ0n) is 9.65. The van der Waals surface area contributed by atoms with E-state index in [1.165, 1.54) is 15.6 Å². The minimum absolute atomic E-state index is 0.366. The van der Waals surface area contributed by atoms with Gasteiger partial charge in [0.1, 0.15) is 0 Å². The van der Waals surface area contributed by atoms with Crippen molar-refractivity contribution in [3.63, 3.8) is 0 Å². The Bertz CT molecular complexity index is 432. The van der Waals surface area contributed by atoms with Crippen molar-refractivity contribution in [1.82, 2.24) is 4.90 Å². The lowest BCUT2D eigenvalue weighted by molar-refractivity contribution is 0.334. The molecule has 0 bridgehead atoms. The van der Waals surface area contributed by atoms with Gasteiger partial charge in [-0.25, -0.2) is 0 Å². The number of hydrogen-bond acceptors (Lipinski definition) is 1. The monoisotopic (exact) mass is 277 g/mol. The summed E-state index contributed by atoms with van der Waals surface area (Å²) in [6.45, 7) is 0. The van der Waals surface area contributed by atoms with Crippen molar-refractivity contribution >= 4 is 15.9 Å². The van der Waals surface area contributed by atoms with Crippen molar-refractivity contribution in [1.29, 1.82) is 0 Å². The Morgan fingerprint density at radius 2 is 2.00 bits per heavy atom. The van der Waals surface area contributed by atoms with Gasteiger partial charge in [0.05, 0.1) is 6.04 Å². The van der Waals surface area contributed by atoms with Crippen molar-refractivity contribution in [3.05, 3.63) is 58.1 Å². The van der Waals surface area contributed by atoms with E-state index in [4.69, 9.17) is 0 Å². The summed E-state index contributed by atoms with van der Waals surface area (Å²) in [5, 5.41) is 0. The van der Waals surface area contributed by atoms with E-state index in [1.807, 2.05) is 0 Å². The van der Waals surface area contributed by atoms with Gasteiger partial charge in [0.2, 0.25) is 0 Å². The summed E-state index contributed by atoms with van der Waals surface area (Å²) in [6, 6.07) is 8.81. The lowest BCUT2D eigenvalue weighted by Crippen LogP contribution is -2.21. The second-order valence-corrected chi connectivity index (χ2v) is 5.12. The molecule has 16 heavy (non-hydrogen) atoms. The van der Waals surface area contributed by atoms with Gasteiger partial charge in [-0.1, -0.05) is 52.4 Å². The van der Waals surface area contributed by atoms with Crippen LogP contribution in [0.25, 0.3) is 0 Å². The first kappa shape index (κ1) is 11.6. The fourth-order valence-corrected chi connectivity index (χ4v) is 2.67. The number of allylic oxidation sites excluding steroid dienone is 3. The van der Waals surface area contributed by atoms with Gasteiger partial charge in [-0.05, 0) is 37.7 Å². The number of likely N-dealkylation sites (N-methyl/N-ethyl adjacent to an activating group) is 1. The van der Waals surface area contributed by atoms with Gasteiger partial charge in [0.25, 0.3) is 0 Å². The minimum atomic E-state index is 0.366. The van der Waals surface area contributed by atoms with E-state index in [-0.39, 0.29) is 0 Å². The molecular formula is C14H16BrN. The van der Waals surface area contributed by atoms with E-state index < -0.39 is 0 Å². The molecule has 0 heterocycles. The maximum atomic E-state index is 3.64. The lowest BCUT2D eigenvalue weighted by Gasteiger charge is -2.27. The highest BCUT2D eigenvalue weighted by atomic mass is 79.9. The zero-order valence-corrected chi connectivity index (χ0v) is 11.2. The number of nitrogens with zero attached hydrogens (tertiary/aromatic N) is 1. The smallest absolute Gasteiger partial charge is 0.0573 e. The van der Waals surface area contributed by atoms with E-state index in [1.54, 1.807) is 0 Å². The normalized spacial score (nSPS) is 16.6. The molecule has 0 spiro atoms. The van der Waals surface area contributed by atoms with Crippen molar-refractivity contribution < 1.29 is 0 Å². The average molecular weight is 278 g/mol. The molecule has 0 saturated heterocycles. The third-order valence-corrected chi connectivity index (χ3v) is 3.59. The van der Waals surface area contributed by atoms with Crippen LogP contribution in [0.3, 0.4) is 0 Å². The van der Waals surface area contributed by atoms with Crippen LogP contribution in [-0.4, -0.2) is 19.0 Å². The van der Waals surface area contributed by atoms with Crippen molar-refractivity contribution in [2.75, 3.05) is 14.1 Å². The predicted octanol–water partition coefficient (Wildman–Crippen LogP) is 3.94. The molecule has 1 unspecified atom stereocenters. The molecule has 2 rings (SSSR count). The summed E-state index contributed by atoms with van der Waals surface area (Å²) in [5.74, 6) is 0. The quantitative estimate of drug-likeness (QED) is 0.809. The number of hydrogen-bond donors (Lipinski definition) is 0. The Kier molecular flexibility index (Phi) is 3.62. The highest BCUT2D eigenvalue weighted by Gasteiger charge is 2.21. The van der Waals surface area contributed by atoms with Gasteiger partial charge >= 0.3 is 0 Å². The van der Waals surface area contributed by atoms with Gasteiger partial charge in [-0.15, -0.1) is 0 Å². The Morgan fingerprint density at radius 3 is 2.56 bits per heavy atom. The fraction of sp³-hybridized carbons (Fsp3) is 0.286. The molecule has 1 aromatic rings. The van der Waals surface area contributed by atoms with Crippen LogP contribution in [0.4, 0.5) is 0 Å². The molecule has 1 nitrogen and oxygen atoms in total. The number of halogens is 1. The standard InChI is InChI=1S/C14H16BrN/c1-16(2)14(11-7-3-4-8-11)12-9-5-6-10-13(12)15/h3-7,9-10,14H,8H2,1-2H3. The molecule has 0 fully saturated rings. The molecule has 2 heteroatoms. The molecule has 1 aliphatic carbocycles. The first-order valence-electron chi connectivity index (χ1n) is 5.46. The number of benzene rings is 1. The molecular weight excluding hydrogens is 262 g/mol. The van der Waals surface area contributed by atoms with E-state index in [2.05, 4.69) is 77.4 Å². The van der Waals surface area contributed by atoms with Gasteiger partial charge in [-0.2, -0.15) is 0 Å². The molecule has 0 radical (unpaired) electrons. The molecule has 0 saturated carbocycles. The van der Waals surface area contributed by atoms with Crippen LogP contribution < -0.4 is 0 Å². The third-order valence-electron chi connectivity index (χ3n) is 2.87. The first-order valence-corrected chi connectivity index (χ1v) is 6.26. The van der Waals surface area contributed by atoms with Crippen LogP contribution in [0.5, 0.6) is 0 Å². The highest BCUT2D eigenvalue weighted by Crippen LogP contribution is 2.35. The Morgan fingerprint density at radius 1 is 1.25 bits per heavy atom. The van der Waals surface area contributed by atoms with Crippen LogP contribution in [0.15, 0.2) is 52.5 Å².